The molecule has 0 heterocycles. The molecule has 2 unspecified atom stereocenters. The van der Waals surface area contributed by atoms with Gasteiger partial charge in [-0.2, -0.15) is 0 Å². The molecule has 2 aliphatic rings. The Morgan fingerprint density at radius 2 is 1.65 bits per heavy atom. The predicted octanol–water partition coefficient (Wildman–Crippen LogP) is 5.75. The van der Waals surface area contributed by atoms with E-state index in [9.17, 15) is 0 Å². The largest absolute Gasteiger partial charge is 0.0811 e. The molecular formula is C17H30. The zero-order valence-electron chi connectivity index (χ0n) is 12.2. The molecule has 0 radical (unpaired) electrons. The quantitative estimate of drug-likeness (QED) is 0.570. The summed E-state index contributed by atoms with van der Waals surface area (Å²) >= 11 is 0. The van der Waals surface area contributed by atoms with Crippen LogP contribution in [0, 0.1) is 17.3 Å². The van der Waals surface area contributed by atoms with Gasteiger partial charge in [0.25, 0.3) is 0 Å². The number of allylic oxidation sites excluding steroid dienone is 4. The molecule has 0 aliphatic heterocycles. The van der Waals surface area contributed by atoms with Gasteiger partial charge in [-0.25, -0.2) is 0 Å². The van der Waals surface area contributed by atoms with E-state index < -0.39 is 0 Å². The molecule has 0 aromatic rings. The van der Waals surface area contributed by atoms with Gasteiger partial charge in [-0.05, 0) is 36.5 Å². The second-order valence-electron chi connectivity index (χ2n) is 6.45. The van der Waals surface area contributed by atoms with Crippen molar-refractivity contribution >= 4 is 0 Å². The SMILES string of the molecule is CC1(C)CCCC1.CCCC1C=CC=CC1C. The van der Waals surface area contributed by atoms with Gasteiger partial charge >= 0.3 is 0 Å². The molecule has 0 aromatic heterocycles. The van der Waals surface area contributed by atoms with Crippen LogP contribution in [0.5, 0.6) is 0 Å². The molecule has 0 bridgehead atoms. The average molecular weight is 234 g/mol. The normalized spacial score (nSPS) is 29.9. The fourth-order valence-corrected chi connectivity index (χ4v) is 2.79. The first-order valence-electron chi connectivity index (χ1n) is 7.40. The van der Waals surface area contributed by atoms with Gasteiger partial charge in [0.15, 0.2) is 0 Å². The van der Waals surface area contributed by atoms with Gasteiger partial charge < -0.3 is 0 Å². The van der Waals surface area contributed by atoms with E-state index in [0.717, 1.165) is 11.8 Å². The second kappa shape index (κ2) is 7.03. The summed E-state index contributed by atoms with van der Waals surface area (Å²) in [5.41, 5.74) is 0.694. The number of hydrogen-bond donors (Lipinski definition) is 0. The summed E-state index contributed by atoms with van der Waals surface area (Å²) in [6.45, 7) is 9.26. The van der Waals surface area contributed by atoms with E-state index in [1.165, 1.54) is 38.5 Å². The van der Waals surface area contributed by atoms with Gasteiger partial charge in [0, 0.05) is 0 Å². The molecule has 0 N–H and O–H groups in total. The molecule has 17 heavy (non-hydrogen) atoms. The van der Waals surface area contributed by atoms with E-state index >= 15 is 0 Å². The van der Waals surface area contributed by atoms with Crippen LogP contribution in [0.25, 0.3) is 0 Å². The molecule has 0 nitrogen and oxygen atoms in total. The van der Waals surface area contributed by atoms with Crippen molar-refractivity contribution in [2.75, 3.05) is 0 Å². The van der Waals surface area contributed by atoms with E-state index in [0.29, 0.717) is 5.41 Å². The van der Waals surface area contributed by atoms with Gasteiger partial charge in [0.2, 0.25) is 0 Å². The van der Waals surface area contributed by atoms with Crippen molar-refractivity contribution in [2.24, 2.45) is 17.3 Å². The minimum absolute atomic E-state index is 0.694. The van der Waals surface area contributed by atoms with E-state index in [4.69, 9.17) is 0 Å². The van der Waals surface area contributed by atoms with Gasteiger partial charge in [-0.15, -0.1) is 0 Å². The van der Waals surface area contributed by atoms with Crippen molar-refractivity contribution in [2.45, 2.75) is 66.2 Å². The molecule has 98 valence electrons. The smallest absolute Gasteiger partial charge is 0.0170 e. The second-order valence-corrected chi connectivity index (χ2v) is 6.45. The Kier molecular flexibility index (Phi) is 6.02. The molecule has 0 heteroatoms. The molecule has 1 saturated carbocycles. The number of rotatable bonds is 2. The zero-order chi connectivity index (χ0) is 12.7. The van der Waals surface area contributed by atoms with Crippen LogP contribution < -0.4 is 0 Å². The van der Waals surface area contributed by atoms with Gasteiger partial charge in [0.1, 0.15) is 0 Å². The van der Waals surface area contributed by atoms with Crippen LogP contribution in [0.15, 0.2) is 24.3 Å². The van der Waals surface area contributed by atoms with Crippen LogP contribution in [-0.4, -0.2) is 0 Å². The fraction of sp³-hybridized carbons (Fsp3) is 0.765. The van der Waals surface area contributed by atoms with Gasteiger partial charge in [-0.1, -0.05) is 71.3 Å². The minimum Gasteiger partial charge on any atom is -0.0811 e. The van der Waals surface area contributed by atoms with Crippen LogP contribution in [0.1, 0.15) is 66.2 Å². The van der Waals surface area contributed by atoms with Crippen molar-refractivity contribution in [3.63, 3.8) is 0 Å². The Morgan fingerprint density at radius 3 is 2.06 bits per heavy atom. The summed E-state index contributed by atoms with van der Waals surface area (Å²) in [7, 11) is 0. The molecule has 0 saturated heterocycles. The number of hydrogen-bond acceptors (Lipinski definition) is 0. The van der Waals surface area contributed by atoms with E-state index in [-0.39, 0.29) is 0 Å². The Labute approximate surface area is 108 Å². The predicted molar refractivity (Wildman–Crippen MR) is 78.1 cm³/mol. The highest BCUT2D eigenvalue weighted by molar-refractivity contribution is 5.13. The lowest BCUT2D eigenvalue weighted by Crippen LogP contribution is -2.08. The van der Waals surface area contributed by atoms with Crippen LogP contribution in [0.3, 0.4) is 0 Å². The van der Waals surface area contributed by atoms with E-state index in [1.54, 1.807) is 0 Å². The maximum absolute atomic E-state index is 2.36. The highest BCUT2D eigenvalue weighted by atomic mass is 14.3. The average Bonchev–Trinajstić information content (AvgIpc) is 2.68. The topological polar surface area (TPSA) is 0 Å². The third kappa shape index (κ3) is 5.57. The molecule has 2 atom stereocenters. The summed E-state index contributed by atoms with van der Waals surface area (Å²) in [5.74, 6) is 1.56. The first-order valence-corrected chi connectivity index (χ1v) is 7.40. The molecule has 2 rings (SSSR count). The third-order valence-electron chi connectivity index (χ3n) is 4.14. The Bertz CT molecular complexity index is 249. The summed E-state index contributed by atoms with van der Waals surface area (Å²) < 4.78 is 0. The fourth-order valence-electron chi connectivity index (χ4n) is 2.79. The Hall–Kier alpha value is -0.520. The first kappa shape index (κ1) is 14.5. The van der Waals surface area contributed by atoms with Crippen LogP contribution in [0.2, 0.25) is 0 Å². The van der Waals surface area contributed by atoms with Gasteiger partial charge in [-0.3, -0.25) is 0 Å². The Balaban J connectivity index is 0.000000181. The maximum atomic E-state index is 2.36. The maximum Gasteiger partial charge on any atom is -0.0170 e. The molecule has 2 aliphatic carbocycles. The molecule has 1 fully saturated rings. The first-order chi connectivity index (χ1) is 8.05. The van der Waals surface area contributed by atoms with Crippen molar-refractivity contribution in [3.8, 4) is 0 Å². The van der Waals surface area contributed by atoms with Crippen molar-refractivity contribution < 1.29 is 0 Å². The molecule has 0 aromatic carbocycles. The van der Waals surface area contributed by atoms with Crippen LogP contribution >= 0.6 is 0 Å². The lowest BCUT2D eigenvalue weighted by Gasteiger charge is -2.18. The minimum atomic E-state index is 0.694. The summed E-state index contributed by atoms with van der Waals surface area (Å²) in [4.78, 5) is 0. The molecule has 0 amide bonds. The summed E-state index contributed by atoms with van der Waals surface area (Å²) in [6.07, 6.45) is 17.4. The van der Waals surface area contributed by atoms with Crippen LogP contribution in [-0.2, 0) is 0 Å². The lowest BCUT2D eigenvalue weighted by molar-refractivity contribution is 0.382. The van der Waals surface area contributed by atoms with Crippen molar-refractivity contribution in [1.29, 1.82) is 0 Å². The lowest BCUT2D eigenvalue weighted by atomic mass is 9.87. The molecule has 0 spiro atoms. The Morgan fingerprint density at radius 1 is 1.06 bits per heavy atom. The summed E-state index contributed by atoms with van der Waals surface area (Å²) in [5, 5.41) is 0. The van der Waals surface area contributed by atoms with E-state index in [1.807, 2.05) is 0 Å². The van der Waals surface area contributed by atoms with Crippen molar-refractivity contribution in [3.05, 3.63) is 24.3 Å². The third-order valence-corrected chi connectivity index (χ3v) is 4.14. The standard InChI is InChI=1S/C10H16.C7H14/c1-3-6-10-8-5-4-7-9(10)2;1-7(2)5-3-4-6-7/h4-5,7-10H,3,6H2,1-2H3;3-6H2,1-2H3. The van der Waals surface area contributed by atoms with Crippen molar-refractivity contribution in [1.82, 2.24) is 0 Å². The highest BCUT2D eigenvalue weighted by Gasteiger charge is 2.21. The van der Waals surface area contributed by atoms with E-state index in [2.05, 4.69) is 52.0 Å². The van der Waals surface area contributed by atoms with Crippen LogP contribution in [0.4, 0.5) is 0 Å². The van der Waals surface area contributed by atoms with Gasteiger partial charge in [0.05, 0.1) is 0 Å². The highest BCUT2D eigenvalue weighted by Crippen LogP contribution is 2.36. The zero-order valence-corrected chi connectivity index (χ0v) is 12.2. The summed E-state index contributed by atoms with van der Waals surface area (Å²) in [6, 6.07) is 0. The monoisotopic (exact) mass is 234 g/mol. The molecular weight excluding hydrogens is 204 g/mol.